The van der Waals surface area contributed by atoms with Crippen molar-refractivity contribution in [2.75, 3.05) is 14.2 Å². The van der Waals surface area contributed by atoms with Gasteiger partial charge in [-0.15, -0.1) is 0 Å². The number of hydrogen-bond donors (Lipinski definition) is 0. The van der Waals surface area contributed by atoms with Gasteiger partial charge in [0.25, 0.3) is 0 Å². The van der Waals surface area contributed by atoms with Crippen molar-refractivity contribution in [2.45, 2.75) is 12.6 Å². The molecule has 0 heterocycles. The second-order valence-corrected chi connectivity index (χ2v) is 3.16. The highest BCUT2D eigenvalue weighted by Crippen LogP contribution is 2.40. The molecule has 3 nitrogen and oxygen atoms in total. The zero-order valence-corrected chi connectivity index (χ0v) is 9.26. The third-order valence-electron chi connectivity index (χ3n) is 2.21. The monoisotopic (exact) mass is 245 g/mol. The molecule has 0 aliphatic heterocycles. The summed E-state index contributed by atoms with van der Waals surface area (Å²) in [5.41, 5.74) is -1.08. The van der Waals surface area contributed by atoms with Crippen molar-refractivity contribution < 1.29 is 22.6 Å². The number of methoxy groups -OCH3 is 2. The molecule has 0 aromatic heterocycles. The maximum Gasteiger partial charge on any atom is 0.416 e. The summed E-state index contributed by atoms with van der Waals surface area (Å²) in [5.74, 6) is 0.120. The van der Waals surface area contributed by atoms with Crippen LogP contribution in [0.1, 0.15) is 11.1 Å². The number of ether oxygens (including phenoxy) is 2. The largest absolute Gasteiger partial charge is 0.493 e. The van der Waals surface area contributed by atoms with Gasteiger partial charge < -0.3 is 9.47 Å². The standard InChI is InChI=1S/C11H10F3NO2/c1-16-9-4-3-8(11(12,13)14)7(5-6-15)10(9)17-2/h3-4H,5H2,1-2H3. The lowest BCUT2D eigenvalue weighted by Gasteiger charge is -2.16. The molecule has 0 spiro atoms. The molecule has 0 aliphatic rings. The third kappa shape index (κ3) is 2.61. The van der Waals surface area contributed by atoms with E-state index in [0.29, 0.717) is 0 Å². The van der Waals surface area contributed by atoms with Gasteiger partial charge in [0.15, 0.2) is 11.5 Å². The van der Waals surface area contributed by atoms with Crippen LogP contribution in [0.15, 0.2) is 12.1 Å². The number of hydrogen-bond acceptors (Lipinski definition) is 3. The van der Waals surface area contributed by atoms with E-state index in [1.165, 1.54) is 20.3 Å². The first-order chi connectivity index (χ1) is 7.95. The van der Waals surface area contributed by atoms with Gasteiger partial charge in [-0.2, -0.15) is 18.4 Å². The minimum Gasteiger partial charge on any atom is -0.493 e. The lowest BCUT2D eigenvalue weighted by atomic mass is 10.0. The summed E-state index contributed by atoms with van der Waals surface area (Å²) in [4.78, 5) is 0. The minimum absolute atomic E-state index is 0.0520. The highest BCUT2D eigenvalue weighted by Gasteiger charge is 2.35. The Hall–Kier alpha value is -1.90. The molecule has 1 aromatic rings. The van der Waals surface area contributed by atoms with E-state index in [2.05, 4.69) is 0 Å². The van der Waals surface area contributed by atoms with E-state index in [1.807, 2.05) is 0 Å². The van der Waals surface area contributed by atoms with Gasteiger partial charge in [0.1, 0.15) is 0 Å². The van der Waals surface area contributed by atoms with Crippen molar-refractivity contribution in [1.82, 2.24) is 0 Å². The molecule has 92 valence electrons. The molecule has 0 bridgehead atoms. The van der Waals surface area contributed by atoms with Crippen LogP contribution in [0.5, 0.6) is 11.5 Å². The number of rotatable bonds is 3. The average Bonchev–Trinajstić information content (AvgIpc) is 2.27. The van der Waals surface area contributed by atoms with Crippen molar-refractivity contribution in [3.63, 3.8) is 0 Å². The summed E-state index contributed by atoms with van der Waals surface area (Å²) < 4.78 is 47.9. The van der Waals surface area contributed by atoms with Gasteiger partial charge in [-0.25, -0.2) is 0 Å². The molecular formula is C11H10F3NO2. The lowest BCUT2D eigenvalue weighted by molar-refractivity contribution is -0.138. The first-order valence-electron chi connectivity index (χ1n) is 4.63. The predicted molar refractivity (Wildman–Crippen MR) is 53.9 cm³/mol. The topological polar surface area (TPSA) is 42.2 Å². The van der Waals surface area contributed by atoms with Gasteiger partial charge in [0.05, 0.1) is 32.3 Å². The summed E-state index contributed by atoms with van der Waals surface area (Å²) in [6, 6.07) is 3.74. The van der Waals surface area contributed by atoms with E-state index in [1.54, 1.807) is 6.07 Å². The Kier molecular flexibility index (Phi) is 3.84. The van der Waals surface area contributed by atoms with Crippen molar-refractivity contribution in [3.05, 3.63) is 23.3 Å². The normalized spacial score (nSPS) is 10.8. The predicted octanol–water partition coefficient (Wildman–Crippen LogP) is 2.79. The van der Waals surface area contributed by atoms with Crippen LogP contribution in [0.4, 0.5) is 13.2 Å². The molecule has 1 aromatic carbocycles. The summed E-state index contributed by atoms with van der Waals surface area (Å²) in [7, 11) is 2.56. The van der Waals surface area contributed by atoms with Crippen LogP contribution in [0, 0.1) is 11.3 Å². The number of alkyl halides is 3. The maximum absolute atomic E-state index is 12.7. The minimum atomic E-state index is -4.52. The summed E-state index contributed by atoms with van der Waals surface area (Å²) in [6.07, 6.45) is -4.92. The quantitative estimate of drug-likeness (QED) is 0.822. The maximum atomic E-state index is 12.7. The molecule has 0 saturated heterocycles. The molecular weight excluding hydrogens is 235 g/mol. The SMILES string of the molecule is COc1ccc(C(F)(F)F)c(CC#N)c1OC. The Morgan fingerprint density at radius 1 is 1.24 bits per heavy atom. The Morgan fingerprint density at radius 2 is 1.88 bits per heavy atom. The van der Waals surface area contributed by atoms with Crippen molar-refractivity contribution >= 4 is 0 Å². The molecule has 0 amide bonds. The Morgan fingerprint density at radius 3 is 2.29 bits per heavy atom. The van der Waals surface area contributed by atoms with Crippen LogP contribution in [0.3, 0.4) is 0 Å². The van der Waals surface area contributed by atoms with Crippen molar-refractivity contribution in [2.24, 2.45) is 0 Å². The fourth-order valence-electron chi connectivity index (χ4n) is 1.51. The Balaban J connectivity index is 3.48. The second-order valence-electron chi connectivity index (χ2n) is 3.16. The Bertz CT molecular complexity index is 449. The van der Waals surface area contributed by atoms with E-state index in [9.17, 15) is 13.2 Å². The molecule has 0 saturated carbocycles. The van der Waals surface area contributed by atoms with Gasteiger partial charge in [-0.1, -0.05) is 0 Å². The van der Waals surface area contributed by atoms with Crippen LogP contribution in [0.25, 0.3) is 0 Å². The van der Waals surface area contributed by atoms with Gasteiger partial charge in [0.2, 0.25) is 0 Å². The van der Waals surface area contributed by atoms with Crippen LogP contribution in [0.2, 0.25) is 0 Å². The molecule has 0 N–H and O–H groups in total. The molecule has 1 rings (SSSR count). The van der Waals surface area contributed by atoms with Crippen LogP contribution in [-0.2, 0) is 12.6 Å². The lowest BCUT2D eigenvalue weighted by Crippen LogP contribution is -2.11. The summed E-state index contributed by atoms with van der Waals surface area (Å²) >= 11 is 0. The smallest absolute Gasteiger partial charge is 0.416 e. The third-order valence-corrected chi connectivity index (χ3v) is 2.21. The van der Waals surface area contributed by atoms with Crippen LogP contribution in [-0.4, -0.2) is 14.2 Å². The Labute approximate surface area is 96.4 Å². The number of benzene rings is 1. The average molecular weight is 245 g/mol. The van der Waals surface area contributed by atoms with E-state index < -0.39 is 18.2 Å². The number of halogens is 3. The van der Waals surface area contributed by atoms with E-state index >= 15 is 0 Å². The number of nitriles is 1. The highest BCUT2D eigenvalue weighted by molar-refractivity contribution is 5.52. The summed E-state index contributed by atoms with van der Waals surface area (Å²) in [6.45, 7) is 0. The van der Waals surface area contributed by atoms with E-state index in [0.717, 1.165) is 6.07 Å². The molecule has 0 aliphatic carbocycles. The molecule has 6 heteroatoms. The zero-order chi connectivity index (χ0) is 13.1. The second kappa shape index (κ2) is 4.95. The first-order valence-corrected chi connectivity index (χ1v) is 4.63. The fourth-order valence-corrected chi connectivity index (χ4v) is 1.51. The van der Waals surface area contributed by atoms with Gasteiger partial charge in [-0.3, -0.25) is 0 Å². The first kappa shape index (κ1) is 13.2. The van der Waals surface area contributed by atoms with Gasteiger partial charge in [0, 0.05) is 5.56 Å². The fraction of sp³-hybridized carbons (Fsp3) is 0.364. The van der Waals surface area contributed by atoms with Crippen molar-refractivity contribution in [3.8, 4) is 17.6 Å². The highest BCUT2D eigenvalue weighted by atomic mass is 19.4. The molecule has 0 fully saturated rings. The van der Waals surface area contributed by atoms with E-state index in [4.69, 9.17) is 14.7 Å². The van der Waals surface area contributed by atoms with Crippen molar-refractivity contribution in [1.29, 1.82) is 5.26 Å². The molecule has 0 atom stereocenters. The van der Waals surface area contributed by atoms with Gasteiger partial charge in [-0.05, 0) is 12.1 Å². The van der Waals surface area contributed by atoms with Crippen LogP contribution >= 0.6 is 0 Å². The summed E-state index contributed by atoms with van der Waals surface area (Å²) in [5, 5.41) is 8.58. The van der Waals surface area contributed by atoms with Crippen LogP contribution < -0.4 is 9.47 Å². The number of nitrogens with zero attached hydrogens (tertiary/aromatic N) is 1. The molecule has 0 unspecified atom stereocenters. The van der Waals surface area contributed by atoms with E-state index in [-0.39, 0.29) is 17.1 Å². The molecule has 17 heavy (non-hydrogen) atoms. The zero-order valence-electron chi connectivity index (χ0n) is 9.26. The molecule has 0 radical (unpaired) electrons. The van der Waals surface area contributed by atoms with Gasteiger partial charge >= 0.3 is 6.18 Å².